The first-order valence-corrected chi connectivity index (χ1v) is 9.68. The summed E-state index contributed by atoms with van der Waals surface area (Å²) in [6.07, 6.45) is 1.41. The third-order valence-corrected chi connectivity index (χ3v) is 4.64. The zero-order valence-electron chi connectivity index (χ0n) is 16.9. The predicted molar refractivity (Wildman–Crippen MR) is 111 cm³/mol. The van der Waals surface area contributed by atoms with Crippen molar-refractivity contribution in [3.05, 3.63) is 89.1 Å². The Bertz CT molecular complexity index is 908. The Morgan fingerprint density at radius 2 is 1.83 bits per heavy atom. The van der Waals surface area contributed by atoms with Gasteiger partial charge < -0.3 is 14.5 Å². The van der Waals surface area contributed by atoms with Gasteiger partial charge in [0.25, 0.3) is 5.91 Å². The average Bonchev–Trinajstić information content (AvgIpc) is 3.19. The number of carbonyl (C=O) groups is 1. The van der Waals surface area contributed by atoms with Crippen molar-refractivity contribution < 1.29 is 13.9 Å². The van der Waals surface area contributed by atoms with Crippen LogP contribution in [-0.2, 0) is 24.4 Å². The van der Waals surface area contributed by atoms with E-state index in [0.29, 0.717) is 25.6 Å². The number of methoxy groups -OCH3 is 1. The number of nitrogens with zero attached hydrogens (tertiary/aromatic N) is 2. The molecule has 0 aliphatic heterocycles. The number of nitrogens with one attached hydrogen (secondary N) is 1. The number of ether oxygens (including phenoxy) is 1. The van der Waals surface area contributed by atoms with Crippen molar-refractivity contribution in [3.8, 4) is 0 Å². The molecule has 0 fully saturated rings. The number of aromatic nitrogens is 1. The van der Waals surface area contributed by atoms with Gasteiger partial charge in [0, 0.05) is 26.7 Å². The van der Waals surface area contributed by atoms with E-state index in [-0.39, 0.29) is 11.6 Å². The second-order valence-electron chi connectivity index (χ2n) is 6.93. The van der Waals surface area contributed by atoms with E-state index >= 15 is 0 Å². The van der Waals surface area contributed by atoms with Crippen molar-refractivity contribution >= 4 is 5.91 Å². The van der Waals surface area contributed by atoms with Crippen LogP contribution >= 0.6 is 0 Å². The third-order valence-electron chi connectivity index (χ3n) is 4.64. The summed E-state index contributed by atoms with van der Waals surface area (Å²) in [5.74, 6) is 0.261. The van der Waals surface area contributed by atoms with Crippen LogP contribution in [0.4, 0.5) is 0 Å². The molecule has 3 rings (SSSR count). The van der Waals surface area contributed by atoms with E-state index in [1.807, 2.05) is 24.3 Å². The molecular formula is C23H27N3O3. The Hall–Kier alpha value is -2.96. The Morgan fingerprint density at radius 1 is 1.07 bits per heavy atom. The molecule has 0 saturated heterocycles. The van der Waals surface area contributed by atoms with Crippen molar-refractivity contribution in [2.75, 3.05) is 20.3 Å². The van der Waals surface area contributed by atoms with Crippen LogP contribution in [0, 0.1) is 6.92 Å². The van der Waals surface area contributed by atoms with Gasteiger partial charge in [0.1, 0.15) is 6.26 Å². The van der Waals surface area contributed by atoms with E-state index < -0.39 is 0 Å². The third kappa shape index (κ3) is 6.27. The maximum Gasteiger partial charge on any atom is 0.273 e. The van der Waals surface area contributed by atoms with Crippen LogP contribution in [0.2, 0.25) is 0 Å². The lowest BCUT2D eigenvalue weighted by atomic mass is 10.1. The van der Waals surface area contributed by atoms with Crippen LogP contribution in [0.5, 0.6) is 0 Å². The second-order valence-corrected chi connectivity index (χ2v) is 6.93. The fourth-order valence-electron chi connectivity index (χ4n) is 3.07. The summed E-state index contributed by atoms with van der Waals surface area (Å²) >= 11 is 0. The van der Waals surface area contributed by atoms with Gasteiger partial charge in [-0.3, -0.25) is 9.69 Å². The Morgan fingerprint density at radius 3 is 2.59 bits per heavy atom. The molecule has 0 saturated carbocycles. The quantitative estimate of drug-likeness (QED) is 0.534. The molecule has 29 heavy (non-hydrogen) atoms. The number of rotatable bonds is 10. The van der Waals surface area contributed by atoms with E-state index in [9.17, 15) is 4.79 Å². The van der Waals surface area contributed by atoms with Gasteiger partial charge in [-0.2, -0.15) is 0 Å². The molecule has 0 unspecified atom stereocenters. The number of aryl methyl sites for hydroxylation is 1. The summed E-state index contributed by atoms with van der Waals surface area (Å²) in [6, 6.07) is 18.6. The zero-order chi connectivity index (χ0) is 20.5. The van der Waals surface area contributed by atoms with Gasteiger partial charge in [-0.25, -0.2) is 4.98 Å². The van der Waals surface area contributed by atoms with Crippen LogP contribution in [0.15, 0.2) is 65.3 Å². The molecule has 0 aliphatic rings. The van der Waals surface area contributed by atoms with Gasteiger partial charge in [-0.05, 0) is 23.6 Å². The highest BCUT2D eigenvalue weighted by atomic mass is 16.5. The minimum atomic E-state index is -0.259. The Balaban J connectivity index is 1.71. The molecule has 1 aromatic heterocycles. The van der Waals surface area contributed by atoms with Gasteiger partial charge >= 0.3 is 0 Å². The highest BCUT2D eigenvalue weighted by Crippen LogP contribution is 2.16. The molecule has 1 amide bonds. The maximum atomic E-state index is 12.1. The molecule has 0 aliphatic carbocycles. The van der Waals surface area contributed by atoms with Gasteiger partial charge in [0.2, 0.25) is 5.89 Å². The summed E-state index contributed by atoms with van der Waals surface area (Å²) in [5.41, 5.74) is 4.00. The minimum Gasteiger partial charge on any atom is -0.447 e. The van der Waals surface area contributed by atoms with Gasteiger partial charge in [0.15, 0.2) is 5.69 Å². The Kier molecular flexibility index (Phi) is 7.55. The van der Waals surface area contributed by atoms with Crippen LogP contribution in [0.1, 0.15) is 33.1 Å². The predicted octanol–water partition coefficient (Wildman–Crippen LogP) is 3.56. The van der Waals surface area contributed by atoms with Crippen LogP contribution in [-0.4, -0.2) is 36.1 Å². The Labute approximate surface area is 171 Å². The molecule has 0 spiro atoms. The van der Waals surface area contributed by atoms with E-state index in [0.717, 1.165) is 13.1 Å². The molecule has 1 heterocycles. The lowest BCUT2D eigenvalue weighted by molar-refractivity contribution is 0.0932. The number of amides is 1. The smallest absolute Gasteiger partial charge is 0.273 e. The molecular weight excluding hydrogens is 366 g/mol. The molecule has 0 bridgehead atoms. The van der Waals surface area contributed by atoms with E-state index in [1.165, 1.54) is 23.0 Å². The van der Waals surface area contributed by atoms with Crippen molar-refractivity contribution in [2.24, 2.45) is 0 Å². The normalized spacial score (nSPS) is 11.0. The number of hydrogen-bond donors (Lipinski definition) is 1. The maximum absolute atomic E-state index is 12.1. The van der Waals surface area contributed by atoms with Crippen LogP contribution in [0.3, 0.4) is 0 Å². The molecule has 0 atom stereocenters. The lowest BCUT2D eigenvalue weighted by Gasteiger charge is -2.22. The van der Waals surface area contributed by atoms with E-state index in [1.54, 1.807) is 7.11 Å². The van der Waals surface area contributed by atoms with Gasteiger partial charge in [0.05, 0.1) is 13.2 Å². The molecule has 2 aromatic carbocycles. The molecule has 3 aromatic rings. The van der Waals surface area contributed by atoms with E-state index in [2.05, 4.69) is 52.5 Å². The second kappa shape index (κ2) is 10.5. The summed E-state index contributed by atoms with van der Waals surface area (Å²) < 4.78 is 10.5. The number of hydrogen-bond acceptors (Lipinski definition) is 5. The summed E-state index contributed by atoms with van der Waals surface area (Å²) in [6.45, 7) is 5.03. The highest BCUT2D eigenvalue weighted by Gasteiger charge is 2.16. The largest absolute Gasteiger partial charge is 0.447 e. The molecule has 6 nitrogen and oxygen atoms in total. The van der Waals surface area contributed by atoms with Crippen LogP contribution in [0.25, 0.3) is 0 Å². The molecule has 1 N–H and O–H groups in total. The van der Waals surface area contributed by atoms with Crippen LogP contribution < -0.4 is 5.32 Å². The van der Waals surface area contributed by atoms with Crippen molar-refractivity contribution in [3.63, 3.8) is 0 Å². The SMILES string of the molecule is COCCNC(=O)c1coc(CN(Cc2ccccc2)Cc2ccccc2C)n1. The highest BCUT2D eigenvalue weighted by molar-refractivity contribution is 5.91. The standard InChI is InChI=1S/C23H27N3O3/c1-18-8-6-7-11-20(18)15-26(14-19-9-4-3-5-10-19)16-22-25-21(17-29-22)23(27)24-12-13-28-2/h3-11,17H,12-16H2,1-2H3,(H,24,27). The number of carbonyl (C=O) groups excluding carboxylic acids is 1. The minimum absolute atomic E-state index is 0.259. The summed E-state index contributed by atoms with van der Waals surface area (Å²) in [5, 5.41) is 2.75. The van der Waals surface area contributed by atoms with Crippen molar-refractivity contribution in [2.45, 2.75) is 26.6 Å². The van der Waals surface area contributed by atoms with Crippen molar-refractivity contribution in [1.29, 1.82) is 0 Å². The zero-order valence-corrected chi connectivity index (χ0v) is 16.9. The molecule has 152 valence electrons. The van der Waals surface area contributed by atoms with Gasteiger partial charge in [-0.15, -0.1) is 0 Å². The van der Waals surface area contributed by atoms with Gasteiger partial charge in [-0.1, -0.05) is 54.6 Å². The van der Waals surface area contributed by atoms with E-state index in [4.69, 9.17) is 9.15 Å². The monoisotopic (exact) mass is 393 g/mol. The fraction of sp³-hybridized carbons (Fsp3) is 0.304. The fourth-order valence-corrected chi connectivity index (χ4v) is 3.07. The summed E-state index contributed by atoms with van der Waals surface area (Å²) in [7, 11) is 1.59. The average molecular weight is 393 g/mol. The lowest BCUT2D eigenvalue weighted by Crippen LogP contribution is -2.27. The summed E-state index contributed by atoms with van der Waals surface area (Å²) in [4.78, 5) is 18.8. The first-order valence-electron chi connectivity index (χ1n) is 9.68. The number of oxazole rings is 1. The number of benzene rings is 2. The molecule has 0 radical (unpaired) electrons. The topological polar surface area (TPSA) is 67.6 Å². The first-order chi connectivity index (χ1) is 14.2. The first kappa shape index (κ1) is 20.8. The molecule has 6 heteroatoms. The van der Waals surface area contributed by atoms with Crippen molar-refractivity contribution in [1.82, 2.24) is 15.2 Å².